The van der Waals surface area contributed by atoms with E-state index in [0.717, 1.165) is 12.8 Å². The van der Waals surface area contributed by atoms with Gasteiger partial charge in [-0.1, -0.05) is 51.2 Å². The molecule has 0 N–H and O–H groups in total. The van der Waals surface area contributed by atoms with E-state index in [-0.39, 0.29) is 0 Å². The lowest BCUT2D eigenvalue weighted by Crippen LogP contribution is -2.08. The summed E-state index contributed by atoms with van der Waals surface area (Å²) in [5.74, 6) is 0.192. The predicted octanol–water partition coefficient (Wildman–Crippen LogP) is 3.94. The van der Waals surface area contributed by atoms with E-state index in [1.807, 2.05) is 0 Å². The van der Waals surface area contributed by atoms with Gasteiger partial charge in [0, 0.05) is 5.75 Å². The van der Waals surface area contributed by atoms with Crippen molar-refractivity contribution < 1.29 is 13.7 Å². The standard InChI is InChI=1S/C16H24O3S/c1-3-4-5-6-7-10-13-20(18)15-12-9-8-11-14(15)16(17)19-2/h8-9,11-12H,3-7,10,13H2,1-2H3. The number of methoxy groups -OCH3 is 1. The minimum Gasteiger partial charge on any atom is -0.465 e. The topological polar surface area (TPSA) is 43.4 Å². The Bertz CT molecular complexity index is 443. The fourth-order valence-corrected chi connectivity index (χ4v) is 3.38. The third kappa shape index (κ3) is 5.45. The first-order valence-electron chi connectivity index (χ1n) is 7.26. The molecule has 0 aliphatic rings. The number of rotatable bonds is 9. The third-order valence-electron chi connectivity index (χ3n) is 3.22. The van der Waals surface area contributed by atoms with Crippen LogP contribution < -0.4 is 0 Å². The second-order valence-corrected chi connectivity index (χ2v) is 6.34. The van der Waals surface area contributed by atoms with Crippen LogP contribution in [0.25, 0.3) is 0 Å². The zero-order valence-corrected chi connectivity index (χ0v) is 13.2. The van der Waals surface area contributed by atoms with Crippen molar-refractivity contribution in [2.75, 3.05) is 12.9 Å². The fourth-order valence-electron chi connectivity index (χ4n) is 2.07. The van der Waals surface area contributed by atoms with Crippen molar-refractivity contribution in [3.05, 3.63) is 29.8 Å². The van der Waals surface area contributed by atoms with E-state index in [1.54, 1.807) is 24.3 Å². The second-order valence-electron chi connectivity index (χ2n) is 4.81. The molecule has 1 atom stereocenters. The molecular weight excluding hydrogens is 272 g/mol. The number of esters is 1. The molecule has 0 amide bonds. The van der Waals surface area contributed by atoms with Crippen LogP contribution in [0, 0.1) is 0 Å². The van der Waals surface area contributed by atoms with Gasteiger partial charge in [-0.25, -0.2) is 4.79 Å². The number of carbonyl (C=O) groups is 1. The lowest BCUT2D eigenvalue weighted by Gasteiger charge is -2.07. The summed E-state index contributed by atoms with van der Waals surface area (Å²) >= 11 is 0. The highest BCUT2D eigenvalue weighted by Gasteiger charge is 2.15. The van der Waals surface area contributed by atoms with E-state index in [4.69, 9.17) is 4.74 Å². The van der Waals surface area contributed by atoms with E-state index in [2.05, 4.69) is 6.92 Å². The van der Waals surface area contributed by atoms with Gasteiger partial charge in [0.25, 0.3) is 0 Å². The van der Waals surface area contributed by atoms with Crippen LogP contribution >= 0.6 is 0 Å². The lowest BCUT2D eigenvalue weighted by atomic mass is 10.1. The normalized spacial score (nSPS) is 12.1. The Labute approximate surface area is 124 Å². The molecule has 20 heavy (non-hydrogen) atoms. The number of carbonyl (C=O) groups excluding carboxylic acids is 1. The molecule has 0 radical (unpaired) electrons. The van der Waals surface area contributed by atoms with E-state index in [0.29, 0.717) is 16.2 Å². The van der Waals surface area contributed by atoms with Gasteiger partial charge in [0.2, 0.25) is 0 Å². The summed E-state index contributed by atoms with van der Waals surface area (Å²) in [6, 6.07) is 6.98. The van der Waals surface area contributed by atoms with Gasteiger partial charge in [-0.2, -0.15) is 0 Å². The summed E-state index contributed by atoms with van der Waals surface area (Å²) in [6.45, 7) is 2.19. The Kier molecular flexibility index (Phi) is 8.19. The van der Waals surface area contributed by atoms with Crippen molar-refractivity contribution in [2.24, 2.45) is 0 Å². The molecular formula is C16H24O3S. The van der Waals surface area contributed by atoms with E-state index in [9.17, 15) is 9.00 Å². The van der Waals surface area contributed by atoms with Crippen LogP contribution in [0.1, 0.15) is 55.8 Å². The Morgan fingerprint density at radius 1 is 1.10 bits per heavy atom. The van der Waals surface area contributed by atoms with Crippen molar-refractivity contribution in [3.8, 4) is 0 Å². The summed E-state index contributed by atoms with van der Waals surface area (Å²) in [5, 5.41) is 0. The Hall–Kier alpha value is -1.16. The molecule has 3 nitrogen and oxygen atoms in total. The van der Waals surface area contributed by atoms with Gasteiger partial charge in [-0.15, -0.1) is 0 Å². The van der Waals surface area contributed by atoms with Crippen molar-refractivity contribution >= 4 is 16.8 Å². The highest BCUT2D eigenvalue weighted by Crippen LogP contribution is 2.16. The first kappa shape index (κ1) is 16.9. The molecule has 0 aliphatic carbocycles. The van der Waals surface area contributed by atoms with Crippen molar-refractivity contribution in [1.29, 1.82) is 0 Å². The van der Waals surface area contributed by atoms with Gasteiger partial charge in [-0.05, 0) is 18.6 Å². The molecule has 0 bridgehead atoms. The molecule has 1 aromatic carbocycles. The highest BCUT2D eigenvalue weighted by atomic mass is 32.2. The van der Waals surface area contributed by atoms with Crippen molar-refractivity contribution in [3.63, 3.8) is 0 Å². The zero-order valence-electron chi connectivity index (χ0n) is 12.4. The van der Waals surface area contributed by atoms with Gasteiger partial charge in [0.15, 0.2) is 0 Å². The molecule has 4 heteroatoms. The average Bonchev–Trinajstić information content (AvgIpc) is 2.49. The number of unbranched alkanes of at least 4 members (excludes halogenated alkanes) is 5. The monoisotopic (exact) mass is 296 g/mol. The van der Waals surface area contributed by atoms with Gasteiger partial charge >= 0.3 is 5.97 Å². The molecule has 0 spiro atoms. The Balaban J connectivity index is 2.49. The smallest absolute Gasteiger partial charge is 0.339 e. The van der Waals surface area contributed by atoms with Gasteiger partial charge in [0.1, 0.15) is 0 Å². The first-order chi connectivity index (χ1) is 9.70. The van der Waals surface area contributed by atoms with Crippen LogP contribution in [0.5, 0.6) is 0 Å². The molecule has 1 rings (SSSR count). The van der Waals surface area contributed by atoms with Gasteiger partial charge < -0.3 is 4.74 Å². The lowest BCUT2D eigenvalue weighted by molar-refractivity contribution is 0.0596. The SMILES string of the molecule is CCCCCCCCS(=O)c1ccccc1C(=O)OC. The highest BCUT2D eigenvalue weighted by molar-refractivity contribution is 7.85. The largest absolute Gasteiger partial charge is 0.465 e. The number of hydrogen-bond acceptors (Lipinski definition) is 3. The summed E-state index contributed by atoms with van der Waals surface area (Å²) in [4.78, 5) is 12.2. The molecule has 1 unspecified atom stereocenters. The van der Waals surface area contributed by atoms with E-state index in [1.165, 1.54) is 32.8 Å². The molecule has 0 fully saturated rings. The van der Waals surface area contributed by atoms with Crippen LogP contribution in [0.3, 0.4) is 0 Å². The average molecular weight is 296 g/mol. The molecule has 0 aromatic heterocycles. The Morgan fingerprint density at radius 2 is 1.75 bits per heavy atom. The predicted molar refractivity (Wildman–Crippen MR) is 82.4 cm³/mol. The van der Waals surface area contributed by atoms with Crippen molar-refractivity contribution in [2.45, 2.75) is 50.3 Å². The molecule has 0 saturated heterocycles. The van der Waals surface area contributed by atoms with Gasteiger partial charge in [-0.3, -0.25) is 4.21 Å². The van der Waals surface area contributed by atoms with Crippen molar-refractivity contribution in [1.82, 2.24) is 0 Å². The zero-order chi connectivity index (χ0) is 14.8. The summed E-state index contributed by atoms with van der Waals surface area (Å²) < 4.78 is 17.0. The maximum atomic E-state index is 12.3. The van der Waals surface area contributed by atoms with Crippen LogP contribution in [-0.4, -0.2) is 23.0 Å². The van der Waals surface area contributed by atoms with E-state index >= 15 is 0 Å². The fraction of sp³-hybridized carbons (Fsp3) is 0.562. The number of hydrogen-bond donors (Lipinski definition) is 0. The number of ether oxygens (including phenoxy) is 1. The Morgan fingerprint density at radius 3 is 2.45 bits per heavy atom. The maximum absolute atomic E-state index is 12.3. The summed E-state index contributed by atoms with van der Waals surface area (Å²) in [6.07, 6.45) is 7.00. The van der Waals surface area contributed by atoms with Gasteiger partial charge in [0.05, 0.1) is 28.4 Å². The van der Waals surface area contributed by atoms with Crippen LogP contribution in [0.4, 0.5) is 0 Å². The summed E-state index contributed by atoms with van der Waals surface area (Å²) in [7, 11) is 0.218. The number of benzene rings is 1. The van der Waals surface area contributed by atoms with Crippen LogP contribution in [0.2, 0.25) is 0 Å². The molecule has 112 valence electrons. The maximum Gasteiger partial charge on any atom is 0.339 e. The van der Waals surface area contributed by atoms with Crippen LogP contribution in [0.15, 0.2) is 29.2 Å². The van der Waals surface area contributed by atoms with E-state index < -0.39 is 16.8 Å². The first-order valence-corrected chi connectivity index (χ1v) is 8.58. The minimum absolute atomic E-state index is 0.416. The van der Waals surface area contributed by atoms with Crippen LogP contribution in [-0.2, 0) is 15.5 Å². The molecule has 0 aliphatic heterocycles. The molecule has 0 saturated carbocycles. The summed E-state index contributed by atoms with van der Waals surface area (Å²) in [5.41, 5.74) is 0.416. The second kappa shape index (κ2) is 9.70. The molecule has 1 aromatic rings. The third-order valence-corrected chi connectivity index (χ3v) is 4.73. The quantitative estimate of drug-likeness (QED) is 0.512. The minimum atomic E-state index is -1.13. The molecule has 0 heterocycles.